The number of aromatic nitrogens is 1. The van der Waals surface area contributed by atoms with Crippen LogP contribution in [0.5, 0.6) is 0 Å². The number of hydrogen-bond donors (Lipinski definition) is 1. The number of nitrogens with one attached hydrogen (secondary N) is 1. The molecule has 0 atom stereocenters. The Balaban J connectivity index is 1.96. The van der Waals surface area contributed by atoms with Gasteiger partial charge in [-0.2, -0.15) is 0 Å². The first-order valence-electron chi connectivity index (χ1n) is 10.3. The van der Waals surface area contributed by atoms with E-state index in [1.54, 1.807) is 17.3 Å². The van der Waals surface area contributed by atoms with Crippen LogP contribution in [-0.4, -0.2) is 40.9 Å². The first-order chi connectivity index (χ1) is 13.0. The lowest BCUT2D eigenvalue weighted by atomic mass is 10.1. The molecular formula is C21H31N3O3. The number of amides is 2. The Kier molecular flexibility index (Phi) is 6.34. The Morgan fingerprint density at radius 1 is 1.04 bits per heavy atom. The molecule has 1 aromatic heterocycles. The lowest BCUT2D eigenvalue weighted by Gasteiger charge is -2.27. The topological polar surface area (TPSA) is 71.4 Å². The second kappa shape index (κ2) is 8.72. The first-order valence-corrected chi connectivity index (χ1v) is 10.3. The van der Waals surface area contributed by atoms with Gasteiger partial charge in [-0.05, 0) is 38.0 Å². The van der Waals surface area contributed by atoms with Crippen molar-refractivity contribution in [3.8, 4) is 0 Å². The van der Waals surface area contributed by atoms with Crippen LogP contribution in [0.4, 0.5) is 0 Å². The summed E-state index contributed by atoms with van der Waals surface area (Å²) in [5, 5.41) is 2.83. The molecule has 3 rings (SSSR count). The van der Waals surface area contributed by atoms with Crippen LogP contribution in [0.1, 0.15) is 85.6 Å². The molecule has 2 fully saturated rings. The lowest BCUT2D eigenvalue weighted by Crippen LogP contribution is -2.40. The summed E-state index contributed by atoms with van der Waals surface area (Å²) >= 11 is 0. The molecule has 6 heteroatoms. The number of carbonyl (C=O) groups is 2. The maximum atomic E-state index is 13.0. The van der Waals surface area contributed by atoms with E-state index in [4.69, 9.17) is 0 Å². The molecule has 0 radical (unpaired) electrons. The fraction of sp³-hybridized carbons (Fsp3) is 0.667. The van der Waals surface area contributed by atoms with Gasteiger partial charge in [0.15, 0.2) is 0 Å². The summed E-state index contributed by atoms with van der Waals surface area (Å²) in [5.41, 5.74) is -0.215. The van der Waals surface area contributed by atoms with Crippen LogP contribution in [0, 0.1) is 5.92 Å². The normalized spacial score (nSPS) is 18.1. The predicted octanol–water partition coefficient (Wildman–Crippen LogP) is 2.98. The van der Waals surface area contributed by atoms with E-state index >= 15 is 0 Å². The molecule has 0 bridgehead atoms. The maximum Gasteiger partial charge on any atom is 0.259 e. The number of pyridine rings is 1. The molecule has 1 saturated heterocycles. The van der Waals surface area contributed by atoms with Crippen molar-refractivity contribution >= 4 is 11.8 Å². The zero-order chi connectivity index (χ0) is 19.4. The van der Waals surface area contributed by atoms with E-state index in [-0.39, 0.29) is 29.0 Å². The van der Waals surface area contributed by atoms with Gasteiger partial charge in [0.05, 0.1) is 0 Å². The molecule has 2 aliphatic rings. The van der Waals surface area contributed by atoms with E-state index in [2.05, 4.69) is 5.32 Å². The standard InChI is InChI=1S/C21H31N3O3/c1-15(2)12-22-20(26)17-13-24(16-8-4-5-9-16)14-18(19(17)25)21(27)23-10-6-3-7-11-23/h13-16H,3-12H2,1-2H3,(H,22,26). The molecule has 6 nitrogen and oxygen atoms in total. The van der Waals surface area contributed by atoms with Gasteiger partial charge in [0.25, 0.3) is 11.8 Å². The van der Waals surface area contributed by atoms with Gasteiger partial charge < -0.3 is 14.8 Å². The molecule has 2 heterocycles. The zero-order valence-corrected chi connectivity index (χ0v) is 16.5. The van der Waals surface area contributed by atoms with Crippen LogP contribution in [0.3, 0.4) is 0 Å². The van der Waals surface area contributed by atoms with Gasteiger partial charge in [-0.15, -0.1) is 0 Å². The number of carbonyl (C=O) groups excluding carboxylic acids is 2. The molecular weight excluding hydrogens is 342 g/mol. The van der Waals surface area contributed by atoms with Crippen molar-refractivity contribution in [2.24, 2.45) is 5.92 Å². The second-order valence-corrected chi connectivity index (χ2v) is 8.26. The number of piperidine rings is 1. The van der Waals surface area contributed by atoms with Crippen molar-refractivity contribution in [1.82, 2.24) is 14.8 Å². The van der Waals surface area contributed by atoms with Crippen LogP contribution < -0.4 is 10.7 Å². The fourth-order valence-electron chi connectivity index (χ4n) is 3.98. The van der Waals surface area contributed by atoms with Crippen LogP contribution >= 0.6 is 0 Å². The van der Waals surface area contributed by atoms with Crippen molar-refractivity contribution in [2.75, 3.05) is 19.6 Å². The summed E-state index contributed by atoms with van der Waals surface area (Å²) in [5.74, 6) is -0.317. The Bertz CT molecular complexity index is 742. The third-order valence-electron chi connectivity index (χ3n) is 5.58. The highest BCUT2D eigenvalue weighted by atomic mass is 16.2. The molecule has 148 valence electrons. The summed E-state index contributed by atoms with van der Waals surface area (Å²) in [7, 11) is 0. The van der Waals surface area contributed by atoms with Crippen LogP contribution in [0.2, 0.25) is 0 Å². The Labute approximate surface area is 160 Å². The minimum atomic E-state index is -0.443. The summed E-state index contributed by atoms with van der Waals surface area (Å²) in [6.07, 6.45) is 10.7. The van der Waals surface area contributed by atoms with Crippen molar-refractivity contribution in [2.45, 2.75) is 64.8 Å². The highest BCUT2D eigenvalue weighted by Gasteiger charge is 2.26. The summed E-state index contributed by atoms with van der Waals surface area (Å²) in [4.78, 5) is 40.4. The second-order valence-electron chi connectivity index (χ2n) is 8.26. The molecule has 27 heavy (non-hydrogen) atoms. The van der Waals surface area contributed by atoms with Crippen molar-refractivity contribution in [1.29, 1.82) is 0 Å². The smallest absolute Gasteiger partial charge is 0.259 e. The molecule has 2 amide bonds. The van der Waals surface area contributed by atoms with Gasteiger partial charge in [-0.1, -0.05) is 26.7 Å². The number of hydrogen-bond acceptors (Lipinski definition) is 3. The molecule has 1 aromatic rings. The monoisotopic (exact) mass is 373 g/mol. The fourth-order valence-corrected chi connectivity index (χ4v) is 3.98. The first kappa shape index (κ1) is 19.6. The maximum absolute atomic E-state index is 13.0. The number of likely N-dealkylation sites (tertiary alicyclic amines) is 1. The SMILES string of the molecule is CC(C)CNC(=O)c1cn(C2CCCC2)cc(C(=O)N2CCCCC2)c1=O. The third-order valence-corrected chi connectivity index (χ3v) is 5.58. The molecule has 1 aliphatic heterocycles. The van der Waals surface area contributed by atoms with E-state index in [9.17, 15) is 14.4 Å². The summed E-state index contributed by atoms with van der Waals surface area (Å²) < 4.78 is 1.94. The average molecular weight is 373 g/mol. The van der Waals surface area contributed by atoms with E-state index in [1.165, 1.54) is 0 Å². The Hall–Kier alpha value is -2.11. The third kappa shape index (κ3) is 4.60. The van der Waals surface area contributed by atoms with Crippen LogP contribution in [0.25, 0.3) is 0 Å². The lowest BCUT2D eigenvalue weighted by molar-refractivity contribution is 0.0722. The van der Waals surface area contributed by atoms with Gasteiger partial charge in [0.2, 0.25) is 5.43 Å². The minimum absolute atomic E-state index is 0.0883. The molecule has 1 saturated carbocycles. The molecule has 0 unspecified atom stereocenters. The molecule has 1 aliphatic carbocycles. The molecule has 1 N–H and O–H groups in total. The van der Waals surface area contributed by atoms with Crippen molar-refractivity contribution < 1.29 is 9.59 Å². The summed E-state index contributed by atoms with van der Waals surface area (Å²) in [6, 6.07) is 0.259. The van der Waals surface area contributed by atoms with Gasteiger partial charge in [0.1, 0.15) is 11.1 Å². The number of nitrogens with zero attached hydrogens (tertiary/aromatic N) is 2. The van der Waals surface area contributed by atoms with Gasteiger partial charge in [-0.25, -0.2) is 0 Å². The average Bonchev–Trinajstić information content (AvgIpc) is 3.21. The van der Waals surface area contributed by atoms with Crippen LogP contribution in [0.15, 0.2) is 17.2 Å². The largest absolute Gasteiger partial charge is 0.352 e. The van der Waals surface area contributed by atoms with Gasteiger partial charge >= 0.3 is 0 Å². The Morgan fingerprint density at radius 2 is 1.67 bits per heavy atom. The molecule has 0 spiro atoms. The van der Waals surface area contributed by atoms with E-state index in [0.29, 0.717) is 25.6 Å². The van der Waals surface area contributed by atoms with E-state index < -0.39 is 5.43 Å². The zero-order valence-electron chi connectivity index (χ0n) is 16.5. The van der Waals surface area contributed by atoms with Crippen molar-refractivity contribution in [3.05, 3.63) is 33.7 Å². The van der Waals surface area contributed by atoms with Gasteiger partial charge in [-0.3, -0.25) is 14.4 Å². The number of rotatable bonds is 5. The Morgan fingerprint density at radius 3 is 2.30 bits per heavy atom. The quantitative estimate of drug-likeness (QED) is 0.862. The highest BCUT2D eigenvalue weighted by molar-refractivity contribution is 5.99. The summed E-state index contributed by atoms with van der Waals surface area (Å²) in [6.45, 7) is 5.89. The predicted molar refractivity (Wildman–Crippen MR) is 105 cm³/mol. The van der Waals surface area contributed by atoms with Crippen molar-refractivity contribution in [3.63, 3.8) is 0 Å². The van der Waals surface area contributed by atoms with Crippen LogP contribution in [-0.2, 0) is 0 Å². The van der Waals surface area contributed by atoms with E-state index in [0.717, 1.165) is 44.9 Å². The highest BCUT2D eigenvalue weighted by Crippen LogP contribution is 2.29. The van der Waals surface area contributed by atoms with E-state index in [1.807, 2.05) is 18.4 Å². The minimum Gasteiger partial charge on any atom is -0.352 e. The molecule has 0 aromatic carbocycles. The van der Waals surface area contributed by atoms with Gasteiger partial charge in [0, 0.05) is 38.1 Å².